The summed E-state index contributed by atoms with van der Waals surface area (Å²) in [4.78, 5) is 24.5. The first-order valence-electron chi connectivity index (χ1n) is 7.38. The van der Waals surface area contributed by atoms with Crippen molar-refractivity contribution in [3.8, 4) is 0 Å². The molecular formula is C15H22O6. The van der Waals surface area contributed by atoms with Crippen LogP contribution in [-0.2, 0) is 14.3 Å². The monoisotopic (exact) mass is 298 g/mol. The van der Waals surface area contributed by atoms with Crippen LogP contribution in [0.4, 0.5) is 0 Å². The van der Waals surface area contributed by atoms with E-state index in [1.807, 2.05) is 0 Å². The van der Waals surface area contributed by atoms with E-state index in [2.05, 4.69) is 0 Å². The number of carbonyl (C=O) groups excluding carboxylic acids is 2. The molecule has 1 aliphatic heterocycles. The number of ether oxygens (including phenoxy) is 1. The van der Waals surface area contributed by atoms with Crippen molar-refractivity contribution in [3.05, 3.63) is 0 Å². The van der Waals surface area contributed by atoms with Gasteiger partial charge >= 0.3 is 5.97 Å². The van der Waals surface area contributed by atoms with Crippen molar-refractivity contribution >= 4 is 11.8 Å². The maximum atomic E-state index is 12.5. The summed E-state index contributed by atoms with van der Waals surface area (Å²) in [5.74, 6) is -1.69. The Bertz CT molecular complexity index is 518. The lowest BCUT2D eigenvalue weighted by Crippen LogP contribution is -2.69. The number of esters is 1. The van der Waals surface area contributed by atoms with Gasteiger partial charge in [0.15, 0.2) is 0 Å². The second-order valence-electron chi connectivity index (χ2n) is 7.27. The number of cyclic esters (lactones) is 1. The van der Waals surface area contributed by atoms with Crippen molar-refractivity contribution in [2.75, 3.05) is 6.61 Å². The summed E-state index contributed by atoms with van der Waals surface area (Å²) in [5, 5.41) is 32.3. The van der Waals surface area contributed by atoms with Crippen LogP contribution in [0.25, 0.3) is 0 Å². The zero-order chi connectivity index (χ0) is 15.8. The van der Waals surface area contributed by atoms with Gasteiger partial charge in [-0.2, -0.15) is 0 Å². The van der Waals surface area contributed by atoms with Gasteiger partial charge < -0.3 is 20.1 Å². The molecule has 2 aliphatic carbocycles. The number of rotatable bonds is 0. The van der Waals surface area contributed by atoms with E-state index in [0.717, 1.165) is 0 Å². The quantitative estimate of drug-likeness (QED) is 0.528. The second-order valence-corrected chi connectivity index (χ2v) is 7.27. The van der Waals surface area contributed by atoms with E-state index in [-0.39, 0.29) is 25.2 Å². The highest BCUT2D eigenvalue weighted by molar-refractivity contribution is 5.86. The summed E-state index contributed by atoms with van der Waals surface area (Å²) in [7, 11) is 0. The van der Waals surface area contributed by atoms with E-state index < -0.39 is 46.4 Å². The number of aliphatic hydroxyl groups excluding tert-OH is 2. The van der Waals surface area contributed by atoms with Crippen molar-refractivity contribution in [3.63, 3.8) is 0 Å². The maximum Gasteiger partial charge on any atom is 0.306 e. The van der Waals surface area contributed by atoms with E-state index in [4.69, 9.17) is 4.74 Å². The van der Waals surface area contributed by atoms with Crippen molar-refractivity contribution in [2.45, 2.75) is 51.4 Å². The van der Waals surface area contributed by atoms with Gasteiger partial charge in [0.05, 0.1) is 12.5 Å². The van der Waals surface area contributed by atoms with Crippen molar-refractivity contribution in [1.82, 2.24) is 0 Å². The molecule has 2 saturated carbocycles. The van der Waals surface area contributed by atoms with Crippen molar-refractivity contribution < 1.29 is 29.6 Å². The van der Waals surface area contributed by atoms with E-state index in [9.17, 15) is 24.9 Å². The molecule has 118 valence electrons. The van der Waals surface area contributed by atoms with Gasteiger partial charge in [0, 0.05) is 23.2 Å². The molecule has 7 unspecified atom stereocenters. The minimum atomic E-state index is -1.72. The molecule has 3 fully saturated rings. The van der Waals surface area contributed by atoms with Gasteiger partial charge in [-0.15, -0.1) is 0 Å². The Labute approximate surface area is 123 Å². The van der Waals surface area contributed by atoms with E-state index >= 15 is 0 Å². The van der Waals surface area contributed by atoms with Crippen LogP contribution in [0, 0.1) is 22.7 Å². The summed E-state index contributed by atoms with van der Waals surface area (Å²) in [6, 6.07) is 0. The number of aliphatic hydroxyl groups is 3. The first kappa shape index (κ1) is 14.9. The maximum absolute atomic E-state index is 12.5. The highest BCUT2D eigenvalue weighted by Gasteiger charge is 2.78. The summed E-state index contributed by atoms with van der Waals surface area (Å²) in [6.07, 6.45) is -2.75. The molecule has 6 nitrogen and oxygen atoms in total. The van der Waals surface area contributed by atoms with Crippen LogP contribution >= 0.6 is 0 Å². The molecule has 3 rings (SSSR count). The number of carbonyl (C=O) groups is 2. The number of hydrogen-bond acceptors (Lipinski definition) is 6. The summed E-state index contributed by atoms with van der Waals surface area (Å²) < 4.78 is 5.22. The van der Waals surface area contributed by atoms with Crippen molar-refractivity contribution in [2.24, 2.45) is 22.7 Å². The molecule has 0 aromatic heterocycles. The fraction of sp³-hybridized carbons (Fsp3) is 0.867. The zero-order valence-corrected chi connectivity index (χ0v) is 12.5. The number of ketones is 1. The highest BCUT2D eigenvalue weighted by atomic mass is 16.5. The molecule has 0 aromatic carbocycles. The van der Waals surface area contributed by atoms with Gasteiger partial charge in [-0.25, -0.2) is 0 Å². The first-order valence-corrected chi connectivity index (χ1v) is 7.38. The summed E-state index contributed by atoms with van der Waals surface area (Å²) in [6.45, 7) is 4.89. The van der Waals surface area contributed by atoms with Gasteiger partial charge in [-0.3, -0.25) is 9.59 Å². The van der Waals surface area contributed by atoms with Crippen LogP contribution in [0.1, 0.15) is 33.6 Å². The minimum Gasteiger partial charge on any atom is -0.465 e. The fourth-order valence-electron chi connectivity index (χ4n) is 4.97. The molecule has 6 heteroatoms. The van der Waals surface area contributed by atoms with Crippen LogP contribution in [0.15, 0.2) is 0 Å². The zero-order valence-electron chi connectivity index (χ0n) is 12.5. The Hall–Kier alpha value is -0.980. The molecule has 0 amide bonds. The van der Waals surface area contributed by atoms with Crippen LogP contribution in [-0.4, -0.2) is 51.5 Å². The lowest BCUT2D eigenvalue weighted by molar-refractivity contribution is -0.238. The average molecular weight is 298 g/mol. The predicted molar refractivity (Wildman–Crippen MR) is 71.0 cm³/mol. The highest BCUT2D eigenvalue weighted by Crippen LogP contribution is 2.67. The smallest absolute Gasteiger partial charge is 0.306 e. The summed E-state index contributed by atoms with van der Waals surface area (Å²) >= 11 is 0. The SMILES string of the molecule is CC1C(=O)CC23CC(=O)OCC1(C)C2(O)C(O)C(O)C3C. The summed E-state index contributed by atoms with van der Waals surface area (Å²) in [5.41, 5.74) is -4.00. The lowest BCUT2D eigenvalue weighted by Gasteiger charge is -2.57. The van der Waals surface area contributed by atoms with E-state index in [0.29, 0.717) is 0 Å². The topological polar surface area (TPSA) is 104 Å². The van der Waals surface area contributed by atoms with Crippen LogP contribution in [0.2, 0.25) is 0 Å². The largest absolute Gasteiger partial charge is 0.465 e. The third-order valence-corrected chi connectivity index (χ3v) is 6.69. The molecule has 1 saturated heterocycles. The van der Waals surface area contributed by atoms with E-state index in [1.54, 1.807) is 20.8 Å². The Morgan fingerprint density at radius 1 is 1.19 bits per heavy atom. The predicted octanol–water partition coefficient (Wildman–Crippen LogP) is -0.363. The Kier molecular flexibility index (Phi) is 2.89. The van der Waals surface area contributed by atoms with Gasteiger partial charge in [-0.05, 0) is 5.92 Å². The van der Waals surface area contributed by atoms with Crippen LogP contribution in [0.5, 0.6) is 0 Å². The third-order valence-electron chi connectivity index (χ3n) is 6.69. The van der Waals surface area contributed by atoms with Gasteiger partial charge in [0.1, 0.15) is 24.1 Å². The normalized spacial score (nSPS) is 56.7. The Morgan fingerprint density at radius 2 is 1.81 bits per heavy atom. The molecule has 3 N–H and O–H groups in total. The lowest BCUT2D eigenvalue weighted by atomic mass is 9.47. The molecule has 21 heavy (non-hydrogen) atoms. The molecule has 7 atom stereocenters. The van der Waals surface area contributed by atoms with E-state index in [1.165, 1.54) is 0 Å². The molecule has 1 heterocycles. The molecule has 2 bridgehead atoms. The van der Waals surface area contributed by atoms with Crippen molar-refractivity contribution in [1.29, 1.82) is 0 Å². The number of hydrogen-bond donors (Lipinski definition) is 3. The average Bonchev–Trinajstić information content (AvgIpc) is 2.54. The molecular weight excluding hydrogens is 276 g/mol. The fourth-order valence-corrected chi connectivity index (χ4v) is 4.97. The van der Waals surface area contributed by atoms with Gasteiger partial charge in [0.2, 0.25) is 0 Å². The molecule has 3 aliphatic rings. The second kappa shape index (κ2) is 4.06. The van der Waals surface area contributed by atoms with Crippen LogP contribution < -0.4 is 0 Å². The molecule has 0 aromatic rings. The number of Topliss-reactive ketones (excluding diaryl/α,β-unsaturated/α-hetero) is 1. The molecule has 0 spiro atoms. The Balaban J connectivity index is 2.30. The standard InChI is InChI=1S/C15H22O6/c1-7-9(16)4-14-5-10(17)21-6-13(7,3)15(14,20)12(19)11(18)8(14)2/h7-8,11-12,18-20H,4-6H2,1-3H3. The van der Waals surface area contributed by atoms with Crippen LogP contribution in [0.3, 0.4) is 0 Å². The van der Waals surface area contributed by atoms with Gasteiger partial charge in [-0.1, -0.05) is 20.8 Å². The minimum absolute atomic E-state index is 0.0232. The first-order chi connectivity index (χ1) is 9.62. The van der Waals surface area contributed by atoms with Gasteiger partial charge in [0.25, 0.3) is 0 Å². The molecule has 0 radical (unpaired) electrons. The Morgan fingerprint density at radius 3 is 2.43 bits per heavy atom. The third kappa shape index (κ3) is 1.39.